The minimum atomic E-state index is 0.226. The monoisotopic (exact) mass is 401 g/mol. The van der Waals surface area contributed by atoms with Crippen LogP contribution in [-0.2, 0) is 20.0 Å². The summed E-state index contributed by atoms with van der Waals surface area (Å²) in [6, 6.07) is 6.16. The molecule has 0 fully saturated rings. The van der Waals surface area contributed by atoms with Crippen molar-refractivity contribution in [3.63, 3.8) is 0 Å². The van der Waals surface area contributed by atoms with Gasteiger partial charge in [-0.15, -0.1) is 0 Å². The smallest absolute Gasteiger partial charge is 0.191 e. The number of nitrogens with zero attached hydrogens (tertiary/aromatic N) is 3. The third-order valence-electron chi connectivity index (χ3n) is 4.84. The number of ether oxygens (including phenoxy) is 2. The second-order valence-electron chi connectivity index (χ2n) is 7.14. The maximum Gasteiger partial charge on any atom is 0.191 e. The molecule has 0 aliphatic rings. The van der Waals surface area contributed by atoms with Crippen LogP contribution in [0, 0.1) is 13.8 Å². The highest BCUT2D eigenvalue weighted by Gasteiger charge is 2.14. The number of hydrogen-bond donors (Lipinski definition) is 2. The maximum absolute atomic E-state index is 5.58. The fourth-order valence-electron chi connectivity index (χ4n) is 3.28. The molecule has 0 radical (unpaired) electrons. The molecule has 2 aromatic rings. The Bertz CT molecular complexity index is 829. The molecule has 29 heavy (non-hydrogen) atoms. The van der Waals surface area contributed by atoms with Gasteiger partial charge < -0.3 is 20.1 Å². The lowest BCUT2D eigenvalue weighted by molar-refractivity contribution is 0.310. The van der Waals surface area contributed by atoms with Crippen LogP contribution in [0.5, 0.6) is 11.5 Å². The Morgan fingerprint density at radius 1 is 1.24 bits per heavy atom. The van der Waals surface area contributed by atoms with Crippen molar-refractivity contribution < 1.29 is 9.47 Å². The van der Waals surface area contributed by atoms with E-state index in [0.29, 0.717) is 13.2 Å². The Kier molecular flexibility index (Phi) is 8.36. The molecular weight excluding hydrogens is 366 g/mol. The van der Waals surface area contributed by atoms with E-state index in [1.807, 2.05) is 36.9 Å². The molecule has 1 aromatic heterocycles. The van der Waals surface area contributed by atoms with E-state index in [2.05, 4.69) is 43.4 Å². The molecule has 0 amide bonds. The van der Waals surface area contributed by atoms with E-state index < -0.39 is 0 Å². The topological polar surface area (TPSA) is 72.7 Å². The van der Waals surface area contributed by atoms with Crippen molar-refractivity contribution in [2.45, 2.75) is 53.6 Å². The van der Waals surface area contributed by atoms with Crippen molar-refractivity contribution in [3.8, 4) is 11.5 Å². The van der Waals surface area contributed by atoms with E-state index in [9.17, 15) is 0 Å². The number of rotatable bonds is 9. The Labute approximate surface area is 174 Å². The summed E-state index contributed by atoms with van der Waals surface area (Å²) >= 11 is 0. The van der Waals surface area contributed by atoms with Gasteiger partial charge in [0.1, 0.15) is 0 Å². The summed E-state index contributed by atoms with van der Waals surface area (Å²) in [5.41, 5.74) is 4.65. The van der Waals surface area contributed by atoms with E-state index >= 15 is 0 Å². The zero-order chi connectivity index (χ0) is 21.4. The normalized spacial score (nSPS) is 12.6. The van der Waals surface area contributed by atoms with E-state index in [0.717, 1.165) is 41.7 Å². The van der Waals surface area contributed by atoms with Crippen LogP contribution in [0.15, 0.2) is 23.2 Å². The molecule has 0 saturated carbocycles. The highest BCUT2D eigenvalue weighted by Crippen LogP contribution is 2.28. The molecule has 0 aliphatic heterocycles. The summed E-state index contributed by atoms with van der Waals surface area (Å²) < 4.78 is 13.0. The van der Waals surface area contributed by atoms with Gasteiger partial charge in [0, 0.05) is 25.3 Å². The summed E-state index contributed by atoms with van der Waals surface area (Å²) in [6.45, 7) is 12.3. The first-order valence-electron chi connectivity index (χ1n) is 10.2. The van der Waals surface area contributed by atoms with Crippen molar-refractivity contribution in [3.05, 3.63) is 40.7 Å². The van der Waals surface area contributed by atoms with Gasteiger partial charge in [0.15, 0.2) is 17.5 Å². The lowest BCUT2D eigenvalue weighted by Crippen LogP contribution is -2.43. The molecule has 0 aliphatic carbocycles. The highest BCUT2D eigenvalue weighted by molar-refractivity contribution is 5.80. The summed E-state index contributed by atoms with van der Waals surface area (Å²) in [7, 11) is 3.64. The average molecular weight is 402 g/mol. The van der Waals surface area contributed by atoms with E-state index in [4.69, 9.17) is 14.5 Å². The molecule has 0 saturated heterocycles. The number of aliphatic imine (C=N–C) groups is 1. The number of hydrogen-bond acceptors (Lipinski definition) is 4. The summed E-state index contributed by atoms with van der Waals surface area (Å²) in [5, 5.41) is 11.3. The fraction of sp³-hybridized carbons (Fsp3) is 0.545. The lowest BCUT2D eigenvalue weighted by atomic mass is 10.1. The predicted octanol–water partition coefficient (Wildman–Crippen LogP) is 3.13. The van der Waals surface area contributed by atoms with Crippen molar-refractivity contribution in [2.24, 2.45) is 12.0 Å². The molecule has 1 heterocycles. The third-order valence-corrected chi connectivity index (χ3v) is 4.84. The summed E-state index contributed by atoms with van der Waals surface area (Å²) in [4.78, 5) is 4.74. The van der Waals surface area contributed by atoms with Gasteiger partial charge in [-0.1, -0.05) is 6.07 Å². The second-order valence-corrected chi connectivity index (χ2v) is 7.14. The van der Waals surface area contributed by atoms with Crippen LogP contribution < -0.4 is 20.1 Å². The third kappa shape index (κ3) is 6.14. The average Bonchev–Trinajstić information content (AvgIpc) is 2.93. The zero-order valence-electron chi connectivity index (χ0n) is 18.8. The van der Waals surface area contributed by atoms with Gasteiger partial charge in [0.2, 0.25) is 0 Å². The van der Waals surface area contributed by atoms with Crippen molar-refractivity contribution in [1.82, 2.24) is 20.4 Å². The van der Waals surface area contributed by atoms with Gasteiger partial charge in [-0.3, -0.25) is 4.68 Å². The largest absolute Gasteiger partial charge is 0.493 e. The maximum atomic E-state index is 5.58. The van der Waals surface area contributed by atoms with Gasteiger partial charge in [0.25, 0.3) is 0 Å². The van der Waals surface area contributed by atoms with Crippen LogP contribution in [0.4, 0.5) is 0 Å². The van der Waals surface area contributed by atoms with Crippen LogP contribution in [0.2, 0.25) is 0 Å². The standard InChI is InChI=1S/C22H35N5O2/c1-8-23-22(25-15(3)12-19-16(4)26-27(6)17(19)5)24-14-18-10-11-20(29-9-2)21(13-18)28-7/h10-11,13,15H,8-9,12,14H2,1-7H3,(H2,23,24,25). The Balaban J connectivity index is 2.07. The first-order chi connectivity index (χ1) is 13.9. The van der Waals surface area contributed by atoms with Crippen molar-refractivity contribution in [1.29, 1.82) is 0 Å². The molecule has 160 valence electrons. The molecule has 1 atom stereocenters. The SMILES string of the molecule is CCNC(=NCc1ccc(OCC)c(OC)c1)NC(C)Cc1c(C)nn(C)c1C. The Morgan fingerprint density at radius 2 is 2.00 bits per heavy atom. The summed E-state index contributed by atoms with van der Waals surface area (Å²) in [5.74, 6) is 2.28. The summed E-state index contributed by atoms with van der Waals surface area (Å²) in [6.07, 6.45) is 0.896. The number of methoxy groups -OCH3 is 1. The van der Waals surface area contributed by atoms with Gasteiger partial charge >= 0.3 is 0 Å². The quantitative estimate of drug-likeness (QED) is 0.499. The molecule has 2 N–H and O–H groups in total. The van der Waals surface area contributed by atoms with Crippen molar-refractivity contribution in [2.75, 3.05) is 20.3 Å². The zero-order valence-corrected chi connectivity index (χ0v) is 18.8. The molecule has 0 bridgehead atoms. The predicted molar refractivity (Wildman–Crippen MR) is 118 cm³/mol. The number of benzene rings is 1. The second kappa shape index (κ2) is 10.7. The molecule has 0 spiro atoms. The highest BCUT2D eigenvalue weighted by atomic mass is 16.5. The minimum absolute atomic E-state index is 0.226. The number of aryl methyl sites for hydroxylation is 2. The van der Waals surface area contributed by atoms with Crippen LogP contribution >= 0.6 is 0 Å². The van der Waals surface area contributed by atoms with Crippen LogP contribution in [0.1, 0.15) is 43.3 Å². The molecule has 7 nitrogen and oxygen atoms in total. The first kappa shape index (κ1) is 22.6. The first-order valence-corrected chi connectivity index (χ1v) is 10.2. The van der Waals surface area contributed by atoms with Gasteiger partial charge in [-0.25, -0.2) is 4.99 Å². The molecule has 1 aromatic carbocycles. The lowest BCUT2D eigenvalue weighted by Gasteiger charge is -2.18. The van der Waals surface area contributed by atoms with E-state index in [-0.39, 0.29) is 6.04 Å². The van der Waals surface area contributed by atoms with Crippen LogP contribution in [0.25, 0.3) is 0 Å². The molecule has 1 unspecified atom stereocenters. The van der Waals surface area contributed by atoms with Gasteiger partial charge in [-0.2, -0.15) is 5.10 Å². The molecular formula is C22H35N5O2. The number of nitrogens with one attached hydrogen (secondary N) is 2. The fourth-order valence-corrected chi connectivity index (χ4v) is 3.28. The van der Waals surface area contributed by atoms with Crippen molar-refractivity contribution >= 4 is 5.96 Å². The Hall–Kier alpha value is -2.70. The van der Waals surface area contributed by atoms with E-state index in [1.165, 1.54) is 11.3 Å². The molecule has 2 rings (SSSR count). The van der Waals surface area contributed by atoms with Gasteiger partial charge in [0.05, 0.1) is 26.0 Å². The number of guanidine groups is 1. The van der Waals surface area contributed by atoms with Gasteiger partial charge in [-0.05, 0) is 64.3 Å². The minimum Gasteiger partial charge on any atom is -0.493 e. The van der Waals surface area contributed by atoms with Crippen LogP contribution in [0.3, 0.4) is 0 Å². The Morgan fingerprint density at radius 3 is 2.59 bits per heavy atom. The molecule has 7 heteroatoms. The van der Waals surface area contributed by atoms with Crippen LogP contribution in [-0.4, -0.2) is 42.0 Å². The number of aromatic nitrogens is 2. The van der Waals surface area contributed by atoms with E-state index in [1.54, 1.807) is 7.11 Å².